The molecule has 0 bridgehead atoms. The van der Waals surface area contributed by atoms with Crippen LogP contribution in [0.3, 0.4) is 0 Å². The molecule has 190 valence electrons. The molecule has 2 heterocycles. The lowest BCUT2D eigenvalue weighted by molar-refractivity contribution is -0.118. The highest BCUT2D eigenvalue weighted by Gasteiger charge is 2.22. The Hall–Kier alpha value is -4.62. The van der Waals surface area contributed by atoms with Crippen LogP contribution in [-0.4, -0.2) is 27.4 Å². The lowest BCUT2D eigenvalue weighted by Gasteiger charge is -2.19. The van der Waals surface area contributed by atoms with Gasteiger partial charge in [-0.3, -0.25) is 19.0 Å². The minimum atomic E-state index is -0.776. The number of carbonyl (C=O) groups excluding carboxylic acids is 2. The number of aromatic nitrogens is 2. The molecule has 5 aromatic rings. The minimum absolute atomic E-state index is 0.146. The number of halogens is 1. The summed E-state index contributed by atoms with van der Waals surface area (Å²) in [5.74, 6) is -0.687. The van der Waals surface area contributed by atoms with Gasteiger partial charge in [-0.1, -0.05) is 54.1 Å². The van der Waals surface area contributed by atoms with Crippen molar-refractivity contribution in [2.24, 2.45) is 0 Å². The first-order valence-corrected chi connectivity index (χ1v) is 12.6. The Bertz CT molecular complexity index is 1640. The number of anilines is 1. The molecule has 0 fully saturated rings. The van der Waals surface area contributed by atoms with Crippen LogP contribution in [-0.2, 0) is 11.2 Å². The number of nitrogens with zero attached hydrogens (tertiary/aromatic N) is 1. The molecule has 0 aliphatic heterocycles. The van der Waals surface area contributed by atoms with Crippen LogP contribution in [0.15, 0.2) is 108 Å². The summed E-state index contributed by atoms with van der Waals surface area (Å²) < 4.78 is 1.52. The molecule has 0 radical (unpaired) electrons. The van der Waals surface area contributed by atoms with Crippen molar-refractivity contribution >= 4 is 40.0 Å². The highest BCUT2D eigenvalue weighted by atomic mass is 35.5. The first-order valence-electron chi connectivity index (χ1n) is 12.2. The third kappa shape index (κ3) is 5.68. The molecule has 1 atom stereocenters. The highest BCUT2D eigenvalue weighted by molar-refractivity contribution is 6.35. The Morgan fingerprint density at radius 1 is 0.921 bits per heavy atom. The first-order chi connectivity index (χ1) is 18.5. The van der Waals surface area contributed by atoms with E-state index in [4.69, 9.17) is 11.6 Å². The van der Waals surface area contributed by atoms with Crippen LogP contribution in [0.4, 0.5) is 5.69 Å². The molecule has 0 saturated carbocycles. The normalized spacial score (nSPS) is 11.7. The average Bonchev–Trinajstić information content (AvgIpc) is 3.32. The fourth-order valence-electron chi connectivity index (χ4n) is 4.27. The summed E-state index contributed by atoms with van der Waals surface area (Å²) in [4.78, 5) is 41.6. The van der Waals surface area contributed by atoms with Crippen LogP contribution in [0.1, 0.15) is 22.3 Å². The van der Waals surface area contributed by atoms with Crippen molar-refractivity contribution in [3.05, 3.63) is 130 Å². The summed E-state index contributed by atoms with van der Waals surface area (Å²) >= 11 is 6.16. The van der Waals surface area contributed by atoms with E-state index in [1.165, 1.54) is 10.6 Å². The van der Waals surface area contributed by atoms with Gasteiger partial charge >= 0.3 is 0 Å². The Morgan fingerprint density at radius 3 is 2.45 bits per heavy atom. The zero-order chi connectivity index (χ0) is 26.5. The topological polar surface area (TPSA) is 96.0 Å². The van der Waals surface area contributed by atoms with Crippen LogP contribution in [0, 0.1) is 0 Å². The minimum Gasteiger partial charge on any atom is -0.360 e. The number of amides is 2. The first kappa shape index (κ1) is 25.0. The molecule has 7 nitrogen and oxygen atoms in total. The SMILES string of the molecule is O=C(NC(CCc1ccccc1)C(=O)Nc1ccc(-n2ccccc2=O)cc1)c1ccc2c(Cl)c[nH]c2c1. The van der Waals surface area contributed by atoms with Crippen molar-refractivity contribution in [3.8, 4) is 5.69 Å². The third-order valence-corrected chi connectivity index (χ3v) is 6.63. The number of hydrogen-bond donors (Lipinski definition) is 3. The summed E-state index contributed by atoms with van der Waals surface area (Å²) in [6.07, 6.45) is 4.38. The summed E-state index contributed by atoms with van der Waals surface area (Å²) in [6.45, 7) is 0. The Morgan fingerprint density at radius 2 is 1.68 bits per heavy atom. The second-order valence-corrected chi connectivity index (χ2v) is 9.30. The Kier molecular flexibility index (Phi) is 7.38. The maximum atomic E-state index is 13.3. The summed E-state index contributed by atoms with van der Waals surface area (Å²) in [5.41, 5.74) is 3.33. The second-order valence-electron chi connectivity index (χ2n) is 8.89. The summed E-state index contributed by atoms with van der Waals surface area (Å²) in [7, 11) is 0. The molecule has 0 aliphatic carbocycles. The molecule has 38 heavy (non-hydrogen) atoms. The molecule has 0 saturated heterocycles. The van der Waals surface area contributed by atoms with E-state index in [2.05, 4.69) is 15.6 Å². The predicted molar refractivity (Wildman–Crippen MR) is 150 cm³/mol. The molecular weight excluding hydrogens is 500 g/mol. The number of aryl methyl sites for hydroxylation is 1. The van der Waals surface area contributed by atoms with E-state index in [0.29, 0.717) is 34.8 Å². The fraction of sp³-hybridized carbons (Fsp3) is 0.100. The van der Waals surface area contributed by atoms with Gasteiger partial charge < -0.3 is 15.6 Å². The van der Waals surface area contributed by atoms with Crippen molar-refractivity contribution in [1.29, 1.82) is 0 Å². The van der Waals surface area contributed by atoms with E-state index < -0.39 is 6.04 Å². The van der Waals surface area contributed by atoms with Gasteiger partial charge in [0.05, 0.1) is 5.02 Å². The molecule has 3 aromatic carbocycles. The molecule has 2 amide bonds. The molecule has 3 N–H and O–H groups in total. The molecule has 0 spiro atoms. The van der Waals surface area contributed by atoms with Crippen molar-refractivity contribution in [1.82, 2.24) is 14.9 Å². The molecule has 5 rings (SSSR count). The van der Waals surface area contributed by atoms with E-state index in [1.54, 1.807) is 67.0 Å². The Labute approximate surface area is 224 Å². The van der Waals surface area contributed by atoms with Gasteiger partial charge in [-0.15, -0.1) is 0 Å². The van der Waals surface area contributed by atoms with Crippen molar-refractivity contribution < 1.29 is 9.59 Å². The summed E-state index contributed by atoms with van der Waals surface area (Å²) in [6, 6.07) is 26.1. The van der Waals surface area contributed by atoms with E-state index >= 15 is 0 Å². The predicted octanol–water partition coefficient (Wildman–Crippen LogP) is 5.34. The standard InChI is InChI=1S/C30H25ClN4O3/c31-25-19-32-27-18-21(10-15-24(25)27)29(37)34-26(16-9-20-6-2-1-3-7-20)30(38)33-22-11-13-23(14-12-22)35-17-5-4-8-28(35)36/h1-8,10-15,17-19,26,32H,9,16H2,(H,33,38)(H,34,37). The van der Waals surface area contributed by atoms with Crippen LogP contribution < -0.4 is 16.2 Å². The van der Waals surface area contributed by atoms with E-state index in [9.17, 15) is 14.4 Å². The van der Waals surface area contributed by atoms with E-state index in [0.717, 1.165) is 16.5 Å². The van der Waals surface area contributed by atoms with Crippen molar-refractivity contribution in [3.63, 3.8) is 0 Å². The van der Waals surface area contributed by atoms with Gasteiger partial charge in [0.2, 0.25) is 5.91 Å². The number of H-pyrrole nitrogens is 1. The van der Waals surface area contributed by atoms with Gasteiger partial charge in [0.15, 0.2) is 0 Å². The maximum Gasteiger partial charge on any atom is 0.255 e. The number of rotatable bonds is 8. The zero-order valence-electron chi connectivity index (χ0n) is 20.4. The van der Waals surface area contributed by atoms with Gasteiger partial charge in [0.1, 0.15) is 6.04 Å². The number of hydrogen-bond acceptors (Lipinski definition) is 3. The van der Waals surface area contributed by atoms with Crippen molar-refractivity contribution in [2.45, 2.75) is 18.9 Å². The molecule has 0 aliphatic rings. The molecular formula is C30H25ClN4O3. The number of aromatic amines is 1. The average molecular weight is 525 g/mol. The zero-order valence-corrected chi connectivity index (χ0v) is 21.1. The summed E-state index contributed by atoms with van der Waals surface area (Å²) in [5, 5.41) is 7.19. The number of benzene rings is 3. The van der Waals surface area contributed by atoms with Gasteiger partial charge in [-0.2, -0.15) is 0 Å². The Balaban J connectivity index is 1.33. The quantitative estimate of drug-likeness (QED) is 0.255. The highest BCUT2D eigenvalue weighted by Crippen LogP contribution is 2.24. The molecule has 1 unspecified atom stereocenters. The van der Waals surface area contributed by atoms with Crippen LogP contribution in [0.5, 0.6) is 0 Å². The smallest absolute Gasteiger partial charge is 0.255 e. The monoisotopic (exact) mass is 524 g/mol. The number of carbonyl (C=O) groups is 2. The van der Waals surface area contributed by atoms with E-state index in [1.807, 2.05) is 30.3 Å². The van der Waals surface area contributed by atoms with Gasteiger partial charge in [-0.05, 0) is 60.9 Å². The molecule has 2 aromatic heterocycles. The van der Waals surface area contributed by atoms with Crippen LogP contribution in [0.2, 0.25) is 5.02 Å². The largest absolute Gasteiger partial charge is 0.360 e. The van der Waals surface area contributed by atoms with E-state index in [-0.39, 0.29) is 17.4 Å². The number of pyridine rings is 1. The van der Waals surface area contributed by atoms with Gasteiger partial charge in [0, 0.05) is 46.3 Å². The molecule has 8 heteroatoms. The van der Waals surface area contributed by atoms with Crippen LogP contribution >= 0.6 is 11.6 Å². The second kappa shape index (κ2) is 11.2. The third-order valence-electron chi connectivity index (χ3n) is 6.32. The van der Waals surface area contributed by atoms with Gasteiger partial charge in [0.25, 0.3) is 11.5 Å². The lowest BCUT2D eigenvalue weighted by Crippen LogP contribution is -2.44. The fourth-order valence-corrected chi connectivity index (χ4v) is 4.49. The number of nitrogens with one attached hydrogen (secondary N) is 3. The maximum absolute atomic E-state index is 13.3. The van der Waals surface area contributed by atoms with Crippen molar-refractivity contribution in [2.75, 3.05) is 5.32 Å². The lowest BCUT2D eigenvalue weighted by atomic mass is 10.0. The number of fused-ring (bicyclic) bond motifs is 1. The van der Waals surface area contributed by atoms with Gasteiger partial charge in [-0.25, -0.2) is 0 Å². The van der Waals surface area contributed by atoms with Crippen LogP contribution in [0.25, 0.3) is 16.6 Å².